The Kier molecular flexibility index (Phi) is 2.97. The average molecular weight is 505 g/mol. The number of rotatable bonds is 3. The highest BCUT2D eigenvalue weighted by atomic mass is 15.0. The van der Waals surface area contributed by atoms with E-state index in [1.54, 1.807) is 4.57 Å². The summed E-state index contributed by atoms with van der Waals surface area (Å²) in [7, 11) is 0. The zero-order valence-corrected chi connectivity index (χ0v) is 20.6. The summed E-state index contributed by atoms with van der Waals surface area (Å²) in [6, 6.07) is 29.5. The molecule has 0 radical (unpaired) electrons. The Labute approximate surface area is 234 Å². The monoisotopic (exact) mass is 504 g/mol. The first-order valence-corrected chi connectivity index (χ1v) is 12.8. The van der Waals surface area contributed by atoms with Gasteiger partial charge < -0.3 is 13.7 Å². The van der Waals surface area contributed by atoms with Gasteiger partial charge in [-0.3, -0.25) is 0 Å². The molecule has 9 rings (SSSR count). The second kappa shape index (κ2) is 7.62. The van der Waals surface area contributed by atoms with Crippen LogP contribution in [0.25, 0.3) is 71.7 Å². The van der Waals surface area contributed by atoms with Crippen LogP contribution >= 0.6 is 0 Å². The molecule has 0 amide bonds. The van der Waals surface area contributed by atoms with Gasteiger partial charge in [-0.15, -0.1) is 0 Å². The summed E-state index contributed by atoms with van der Waals surface area (Å²) in [6.45, 7) is 0. The molecule has 3 nitrogen and oxygen atoms in total. The molecule has 3 aromatic heterocycles. The number of aromatic nitrogens is 3. The molecule has 0 N–H and O–H groups in total. The van der Waals surface area contributed by atoms with Crippen molar-refractivity contribution in [2.75, 3.05) is 0 Å². The molecule has 0 fully saturated rings. The molecule has 6 aromatic carbocycles. The van der Waals surface area contributed by atoms with Crippen molar-refractivity contribution in [3.8, 4) is 17.1 Å². The second-order valence-corrected chi connectivity index (χ2v) is 9.69. The molecule has 3 heteroatoms. The van der Waals surface area contributed by atoms with E-state index in [2.05, 4.69) is 28.8 Å². The fraction of sp³-hybridized carbons (Fsp3) is 0. The molecule has 9 aromatic rings. The van der Waals surface area contributed by atoms with Gasteiger partial charge in [-0.1, -0.05) is 72.7 Å². The topological polar surface area (TPSA) is 14.8 Å². The Balaban J connectivity index is 1.49. The van der Waals surface area contributed by atoms with E-state index in [4.69, 9.17) is 5.48 Å². The van der Waals surface area contributed by atoms with Gasteiger partial charge in [-0.05, 0) is 66.7 Å². The fourth-order valence-electron chi connectivity index (χ4n) is 6.12. The molecule has 182 valence electrons. The lowest BCUT2D eigenvalue weighted by Crippen LogP contribution is -1.98. The number of fused-ring (bicyclic) bond motifs is 3. The summed E-state index contributed by atoms with van der Waals surface area (Å²) in [5.41, 5.74) is 5.84. The Bertz CT molecular complexity index is 2640. The summed E-state index contributed by atoms with van der Waals surface area (Å²) in [4.78, 5) is 0. The van der Waals surface area contributed by atoms with Crippen LogP contribution in [0.4, 0.5) is 0 Å². The van der Waals surface area contributed by atoms with Gasteiger partial charge in [0.15, 0.2) is 0 Å². The zero-order valence-electron chi connectivity index (χ0n) is 27.6. The molecule has 0 spiro atoms. The van der Waals surface area contributed by atoms with E-state index in [0.29, 0.717) is 5.69 Å². The highest BCUT2D eigenvalue weighted by Gasteiger charge is 2.22. The normalized spacial score (nSPS) is 14.6. The lowest BCUT2D eigenvalue weighted by Gasteiger charge is -2.13. The number of nitrogens with zero attached hydrogens (tertiary/aromatic N) is 3. The van der Waals surface area contributed by atoms with Crippen LogP contribution in [0, 0.1) is 0 Å². The van der Waals surface area contributed by atoms with Gasteiger partial charge >= 0.3 is 0 Å². The van der Waals surface area contributed by atoms with Gasteiger partial charge in [0.1, 0.15) is 0 Å². The van der Waals surface area contributed by atoms with E-state index in [1.165, 1.54) is 0 Å². The van der Waals surface area contributed by atoms with Crippen LogP contribution in [-0.2, 0) is 0 Å². The maximum Gasteiger partial charge on any atom is 0.0667 e. The first kappa shape index (κ1) is 15.2. The molecular formula is C36H23N3. The van der Waals surface area contributed by atoms with Crippen molar-refractivity contribution >= 4 is 54.6 Å². The predicted octanol–water partition coefficient (Wildman–Crippen LogP) is 9.26. The molecule has 0 atom stereocenters. The molecule has 0 bridgehead atoms. The van der Waals surface area contributed by atoms with Crippen LogP contribution in [0.2, 0.25) is 0 Å². The van der Waals surface area contributed by atoms with Crippen molar-refractivity contribution in [2.45, 2.75) is 0 Å². The lowest BCUT2D eigenvalue weighted by molar-refractivity contribution is 1.15. The van der Waals surface area contributed by atoms with Crippen LogP contribution in [-0.4, -0.2) is 13.7 Å². The van der Waals surface area contributed by atoms with Gasteiger partial charge in [0.05, 0.1) is 42.7 Å². The number of hydrogen-bond acceptors (Lipinski definition) is 0. The highest BCUT2D eigenvalue weighted by Crippen LogP contribution is 2.43. The standard InChI is InChI=1S/C36H23N3/c1-3-11-24(12-4-1)37-29-16-8-7-15-27(29)28-22-21-26(23-34(28)37)39-32-19-9-17-30-35(32)36-31(18-10-20-33(36)39)38(30)25-13-5-2-6-14-25/h1-23H/i7D,8D,15D,16D,21D,22D,23D. The third kappa shape index (κ3) is 2.71. The minimum Gasteiger partial charge on any atom is -0.309 e. The molecule has 0 aliphatic heterocycles. The van der Waals surface area contributed by atoms with Crippen molar-refractivity contribution < 1.29 is 9.60 Å². The summed E-state index contributed by atoms with van der Waals surface area (Å²) in [5, 5.41) is 2.28. The fourth-order valence-corrected chi connectivity index (χ4v) is 6.12. The van der Waals surface area contributed by atoms with E-state index in [0.717, 1.165) is 38.5 Å². The minimum atomic E-state index is -0.418. The van der Waals surface area contributed by atoms with Gasteiger partial charge in [-0.2, -0.15) is 0 Å². The summed E-state index contributed by atoms with van der Waals surface area (Å²) >= 11 is 0. The highest BCUT2D eigenvalue weighted by molar-refractivity contribution is 6.25. The molecule has 0 unspecified atom stereocenters. The van der Waals surface area contributed by atoms with Crippen LogP contribution in [0.1, 0.15) is 9.60 Å². The molecule has 39 heavy (non-hydrogen) atoms. The van der Waals surface area contributed by atoms with Crippen LogP contribution in [0.3, 0.4) is 0 Å². The average Bonchev–Trinajstić information content (AvgIpc) is 3.74. The SMILES string of the molecule is [2H]c1c([2H])c([2H])c2c(c1[2H])c1c([2H])c([2H])c(-n3c4cccc5c4c4c(cccc43)n5-c3ccccc3)c([2H])c1n2-c1ccccc1. The van der Waals surface area contributed by atoms with Crippen molar-refractivity contribution in [1.29, 1.82) is 0 Å². The van der Waals surface area contributed by atoms with Gasteiger partial charge in [-0.25, -0.2) is 0 Å². The number of benzene rings is 6. The van der Waals surface area contributed by atoms with E-state index in [9.17, 15) is 4.11 Å². The van der Waals surface area contributed by atoms with E-state index in [-0.39, 0.29) is 57.7 Å². The largest absolute Gasteiger partial charge is 0.309 e. The Morgan fingerprint density at radius 1 is 0.385 bits per heavy atom. The first-order valence-electron chi connectivity index (χ1n) is 16.3. The van der Waals surface area contributed by atoms with Gasteiger partial charge in [0.25, 0.3) is 0 Å². The Morgan fingerprint density at radius 2 is 0.872 bits per heavy atom. The molecule has 0 aliphatic rings. The van der Waals surface area contributed by atoms with Gasteiger partial charge in [0, 0.05) is 38.6 Å². The molecule has 0 saturated heterocycles. The Hall–Kier alpha value is -5.28. The summed E-state index contributed by atoms with van der Waals surface area (Å²) in [5.74, 6) is 0. The molecular weight excluding hydrogens is 474 g/mol. The van der Waals surface area contributed by atoms with E-state index >= 15 is 0 Å². The lowest BCUT2D eigenvalue weighted by atomic mass is 10.1. The van der Waals surface area contributed by atoms with E-state index < -0.39 is 12.1 Å². The number of para-hydroxylation sites is 3. The smallest absolute Gasteiger partial charge is 0.0667 e. The molecule has 0 aliphatic carbocycles. The second-order valence-electron chi connectivity index (χ2n) is 9.69. The van der Waals surface area contributed by atoms with Crippen molar-refractivity contribution in [3.63, 3.8) is 0 Å². The third-order valence-electron chi connectivity index (χ3n) is 7.65. The van der Waals surface area contributed by atoms with Gasteiger partial charge in [0.2, 0.25) is 0 Å². The van der Waals surface area contributed by atoms with E-state index in [1.807, 2.05) is 77.4 Å². The quantitative estimate of drug-likeness (QED) is 0.228. The molecule has 3 heterocycles. The maximum absolute atomic E-state index is 9.75. The zero-order chi connectivity index (χ0) is 31.6. The first-order chi connectivity index (χ1) is 22.3. The maximum atomic E-state index is 9.75. The van der Waals surface area contributed by atoms with Crippen molar-refractivity contribution in [3.05, 3.63) is 139 Å². The summed E-state index contributed by atoms with van der Waals surface area (Å²) in [6.07, 6.45) is 0. The van der Waals surface area contributed by atoms with Crippen LogP contribution in [0.5, 0.6) is 0 Å². The van der Waals surface area contributed by atoms with Crippen molar-refractivity contribution in [2.24, 2.45) is 0 Å². The molecule has 0 saturated carbocycles. The Morgan fingerprint density at radius 3 is 1.46 bits per heavy atom. The summed E-state index contributed by atoms with van der Waals surface area (Å²) < 4.78 is 68.8. The van der Waals surface area contributed by atoms with Crippen LogP contribution < -0.4 is 0 Å². The third-order valence-corrected chi connectivity index (χ3v) is 7.65. The van der Waals surface area contributed by atoms with Crippen molar-refractivity contribution in [1.82, 2.24) is 13.7 Å². The minimum absolute atomic E-state index is 0.0389. The predicted molar refractivity (Wildman–Crippen MR) is 163 cm³/mol. The van der Waals surface area contributed by atoms with Crippen LogP contribution in [0.15, 0.2) is 139 Å². The number of hydrogen-bond donors (Lipinski definition) is 0.